The van der Waals surface area contributed by atoms with Gasteiger partial charge >= 0.3 is 0 Å². The van der Waals surface area contributed by atoms with Crippen LogP contribution >= 0.6 is 0 Å². The summed E-state index contributed by atoms with van der Waals surface area (Å²) in [4.78, 5) is 13.1. The van der Waals surface area contributed by atoms with E-state index in [1.54, 1.807) is 42.5 Å². The van der Waals surface area contributed by atoms with E-state index >= 15 is 0 Å². The first-order valence-electron chi connectivity index (χ1n) is 13.2. The molecule has 1 amide bonds. The smallest absolute Gasteiger partial charge is 0.264 e. The zero-order chi connectivity index (χ0) is 29.2. The molecule has 4 rings (SSSR count). The molecule has 0 atom stereocenters. The Hall–Kier alpha value is -4.63. The summed E-state index contributed by atoms with van der Waals surface area (Å²) in [5.74, 6) is 0.551. The van der Waals surface area contributed by atoms with E-state index in [1.807, 2.05) is 63.2 Å². The normalized spacial score (nSPS) is 11.3. The largest absolute Gasteiger partial charge is 0.490 e. The van der Waals surface area contributed by atoms with Gasteiger partial charge in [-0.05, 0) is 79.4 Å². The lowest BCUT2D eigenvalue weighted by molar-refractivity contribution is -0.119. The zero-order valence-electron chi connectivity index (χ0n) is 23.3. The van der Waals surface area contributed by atoms with Crippen LogP contribution in [0.4, 0.5) is 5.69 Å². The number of hydrazone groups is 1. The van der Waals surface area contributed by atoms with E-state index in [4.69, 9.17) is 9.47 Å². The maximum absolute atomic E-state index is 13.6. The Morgan fingerprint density at radius 3 is 2.29 bits per heavy atom. The summed E-state index contributed by atoms with van der Waals surface area (Å²) in [6, 6.07) is 28.7. The van der Waals surface area contributed by atoms with Crippen LogP contribution in [0.15, 0.2) is 107 Å². The highest BCUT2D eigenvalue weighted by atomic mass is 32.2. The third-order valence-corrected chi connectivity index (χ3v) is 7.93. The van der Waals surface area contributed by atoms with Gasteiger partial charge in [0.1, 0.15) is 13.2 Å². The molecule has 1 N–H and O–H groups in total. The molecule has 0 bridgehead atoms. The van der Waals surface area contributed by atoms with E-state index in [0.29, 0.717) is 36.0 Å². The van der Waals surface area contributed by atoms with Crippen molar-refractivity contribution in [3.05, 3.63) is 119 Å². The van der Waals surface area contributed by atoms with Crippen molar-refractivity contribution in [3.63, 3.8) is 0 Å². The number of nitrogens with zero attached hydrogens (tertiary/aromatic N) is 2. The molecule has 0 aliphatic rings. The van der Waals surface area contributed by atoms with Gasteiger partial charge < -0.3 is 9.47 Å². The fourth-order valence-corrected chi connectivity index (χ4v) is 5.58. The monoisotopic (exact) mass is 571 g/mol. The molecule has 8 nitrogen and oxygen atoms in total. The first-order valence-corrected chi connectivity index (χ1v) is 14.6. The highest BCUT2D eigenvalue weighted by Gasteiger charge is 2.28. The zero-order valence-corrected chi connectivity index (χ0v) is 24.1. The maximum Gasteiger partial charge on any atom is 0.264 e. The Kier molecular flexibility index (Phi) is 9.76. The number of benzene rings is 4. The fourth-order valence-electron chi connectivity index (χ4n) is 4.08. The molecule has 0 saturated heterocycles. The van der Waals surface area contributed by atoms with Crippen LogP contribution in [-0.4, -0.2) is 33.7 Å². The molecule has 9 heteroatoms. The molecule has 0 radical (unpaired) electrons. The van der Waals surface area contributed by atoms with Crippen molar-refractivity contribution < 1.29 is 22.7 Å². The third kappa shape index (κ3) is 7.73. The van der Waals surface area contributed by atoms with Crippen LogP contribution in [0.5, 0.6) is 11.5 Å². The first-order chi connectivity index (χ1) is 19.8. The van der Waals surface area contributed by atoms with Gasteiger partial charge in [0.05, 0.1) is 23.4 Å². The molecule has 0 aromatic heterocycles. The number of anilines is 1. The van der Waals surface area contributed by atoms with Gasteiger partial charge in [-0.2, -0.15) is 5.10 Å². The molecule has 0 aliphatic heterocycles. The molecule has 41 heavy (non-hydrogen) atoms. The minimum absolute atomic E-state index is 0.0928. The highest BCUT2D eigenvalue weighted by Crippen LogP contribution is 2.29. The molecule has 0 unspecified atom stereocenters. The molecule has 212 valence electrons. The van der Waals surface area contributed by atoms with Crippen LogP contribution in [0.25, 0.3) is 0 Å². The summed E-state index contributed by atoms with van der Waals surface area (Å²) >= 11 is 0. The Labute approximate surface area is 241 Å². The summed E-state index contributed by atoms with van der Waals surface area (Å²) in [7, 11) is -4.02. The Morgan fingerprint density at radius 2 is 1.59 bits per heavy atom. The molecular weight excluding hydrogens is 538 g/mol. The van der Waals surface area contributed by atoms with Crippen LogP contribution in [0.1, 0.15) is 29.2 Å². The number of carbonyl (C=O) groups excluding carboxylic acids is 1. The average Bonchev–Trinajstić information content (AvgIpc) is 2.98. The van der Waals surface area contributed by atoms with Gasteiger partial charge in [-0.1, -0.05) is 60.7 Å². The van der Waals surface area contributed by atoms with Crippen molar-refractivity contribution in [1.29, 1.82) is 0 Å². The van der Waals surface area contributed by atoms with Gasteiger partial charge in [0, 0.05) is 0 Å². The number of rotatable bonds is 12. The second-order valence-electron chi connectivity index (χ2n) is 9.32. The lowest BCUT2D eigenvalue weighted by atomic mass is 10.1. The molecule has 0 fully saturated rings. The average molecular weight is 572 g/mol. The van der Waals surface area contributed by atoms with Crippen LogP contribution in [0.2, 0.25) is 0 Å². The predicted octanol–water partition coefficient (Wildman–Crippen LogP) is 5.63. The van der Waals surface area contributed by atoms with Crippen molar-refractivity contribution in [2.24, 2.45) is 5.10 Å². The number of nitrogens with one attached hydrogen (secondary N) is 1. The molecule has 0 aliphatic carbocycles. The van der Waals surface area contributed by atoms with E-state index in [0.717, 1.165) is 21.0 Å². The summed E-state index contributed by atoms with van der Waals surface area (Å²) in [6.45, 7) is 5.95. The lowest BCUT2D eigenvalue weighted by Crippen LogP contribution is -2.40. The van der Waals surface area contributed by atoms with E-state index < -0.39 is 22.5 Å². The third-order valence-electron chi connectivity index (χ3n) is 6.16. The molecule has 0 heterocycles. The fraction of sp³-hybridized carbons (Fsp3) is 0.188. The van der Waals surface area contributed by atoms with Gasteiger partial charge in [0.25, 0.3) is 15.9 Å². The topological polar surface area (TPSA) is 97.3 Å². The van der Waals surface area contributed by atoms with E-state index in [1.165, 1.54) is 18.3 Å². The number of hydrogen-bond acceptors (Lipinski definition) is 6. The maximum atomic E-state index is 13.6. The molecule has 0 spiro atoms. The van der Waals surface area contributed by atoms with Gasteiger partial charge in [-0.3, -0.25) is 9.10 Å². The van der Waals surface area contributed by atoms with E-state index in [9.17, 15) is 13.2 Å². The Bertz CT molecular complexity index is 1610. The second-order valence-corrected chi connectivity index (χ2v) is 11.2. The van der Waals surface area contributed by atoms with Gasteiger partial charge in [-0.15, -0.1) is 0 Å². The number of sulfonamides is 1. The minimum atomic E-state index is -4.02. The lowest BCUT2D eigenvalue weighted by Gasteiger charge is -2.25. The van der Waals surface area contributed by atoms with Crippen LogP contribution in [0.3, 0.4) is 0 Å². The highest BCUT2D eigenvalue weighted by molar-refractivity contribution is 7.92. The summed E-state index contributed by atoms with van der Waals surface area (Å²) in [5, 5.41) is 4.07. The second kappa shape index (κ2) is 13.6. The number of carbonyl (C=O) groups is 1. The van der Waals surface area contributed by atoms with Crippen molar-refractivity contribution in [2.45, 2.75) is 32.3 Å². The van der Waals surface area contributed by atoms with Crippen molar-refractivity contribution in [2.75, 3.05) is 17.5 Å². The number of ether oxygens (including phenoxy) is 2. The van der Waals surface area contributed by atoms with Crippen LogP contribution in [-0.2, 0) is 21.4 Å². The summed E-state index contributed by atoms with van der Waals surface area (Å²) in [6.07, 6.45) is 1.47. The van der Waals surface area contributed by atoms with Gasteiger partial charge in [0.15, 0.2) is 11.5 Å². The molecule has 4 aromatic carbocycles. The summed E-state index contributed by atoms with van der Waals surface area (Å²) in [5.41, 5.74) is 6.19. The van der Waals surface area contributed by atoms with Crippen molar-refractivity contribution >= 4 is 27.8 Å². The van der Waals surface area contributed by atoms with Crippen molar-refractivity contribution in [1.82, 2.24) is 5.43 Å². The quantitative estimate of drug-likeness (QED) is 0.176. The predicted molar refractivity (Wildman–Crippen MR) is 161 cm³/mol. The molecule has 4 aromatic rings. The van der Waals surface area contributed by atoms with Gasteiger partial charge in [-0.25, -0.2) is 13.8 Å². The Morgan fingerprint density at radius 1 is 0.878 bits per heavy atom. The van der Waals surface area contributed by atoms with Crippen molar-refractivity contribution in [3.8, 4) is 11.5 Å². The van der Waals surface area contributed by atoms with Crippen LogP contribution in [0, 0.1) is 13.8 Å². The number of hydrogen-bond donors (Lipinski definition) is 1. The SMILES string of the molecule is CCOc1cc(/C=N\NC(=O)CN(c2cc(C)ccc2C)S(=O)(=O)c2ccccc2)ccc1OCc1ccccc1. The minimum Gasteiger partial charge on any atom is -0.490 e. The standard InChI is InChI=1S/C32H33N3O5S/c1-4-39-31-20-27(17-18-30(31)40-23-26-11-7-5-8-12-26)21-33-34-32(36)22-35(29-19-24(2)15-16-25(29)3)41(37,38)28-13-9-6-10-14-28/h5-21H,4,22-23H2,1-3H3,(H,34,36)/b33-21-. The van der Waals surface area contributed by atoms with E-state index in [-0.39, 0.29) is 4.90 Å². The van der Waals surface area contributed by atoms with Gasteiger partial charge in [0.2, 0.25) is 0 Å². The van der Waals surface area contributed by atoms with E-state index in [2.05, 4.69) is 10.5 Å². The first kappa shape index (κ1) is 29.4. The summed E-state index contributed by atoms with van der Waals surface area (Å²) < 4.78 is 40.0. The number of aryl methyl sites for hydroxylation is 2. The molecular formula is C32H33N3O5S. The Balaban J connectivity index is 1.49. The number of amides is 1. The van der Waals surface area contributed by atoms with Crippen LogP contribution < -0.4 is 19.2 Å². The molecule has 0 saturated carbocycles.